The molecule has 1 fully saturated rings. The fraction of sp³-hybridized carbons (Fsp3) is 0.462. The third-order valence-corrected chi connectivity index (χ3v) is 2.91. The van der Waals surface area contributed by atoms with E-state index in [0.29, 0.717) is 0 Å². The van der Waals surface area contributed by atoms with Gasteiger partial charge in [0.2, 0.25) is 0 Å². The van der Waals surface area contributed by atoms with E-state index in [1.165, 1.54) is 0 Å². The summed E-state index contributed by atoms with van der Waals surface area (Å²) in [6.07, 6.45) is 1.01. The van der Waals surface area contributed by atoms with Gasteiger partial charge >= 0.3 is 6.09 Å². The number of amides is 1. The fourth-order valence-corrected chi connectivity index (χ4v) is 1.91. The quantitative estimate of drug-likeness (QED) is 0.871. The lowest BCUT2D eigenvalue weighted by atomic mass is 10.1. The van der Waals surface area contributed by atoms with Crippen molar-refractivity contribution in [2.24, 2.45) is 0 Å². The molecule has 0 spiro atoms. The summed E-state index contributed by atoms with van der Waals surface area (Å²) in [5, 5.41) is 9.82. The van der Waals surface area contributed by atoms with Crippen LogP contribution in [0.15, 0.2) is 30.3 Å². The van der Waals surface area contributed by atoms with Crippen molar-refractivity contribution in [1.29, 1.82) is 0 Å². The first-order chi connectivity index (χ1) is 8.27. The smallest absolute Gasteiger partial charge is 0.409 e. The van der Waals surface area contributed by atoms with E-state index in [1.54, 1.807) is 4.90 Å². The van der Waals surface area contributed by atoms with Gasteiger partial charge in [-0.15, -0.1) is 0 Å². The topological polar surface area (TPSA) is 49.8 Å². The van der Waals surface area contributed by atoms with Gasteiger partial charge in [-0.3, -0.25) is 0 Å². The molecule has 0 aromatic heterocycles. The predicted octanol–water partition coefficient (Wildman–Crippen LogP) is 1.95. The average molecular weight is 235 g/mol. The van der Waals surface area contributed by atoms with Crippen molar-refractivity contribution >= 4 is 6.09 Å². The molecular formula is C13H17NO3. The third-order valence-electron chi connectivity index (χ3n) is 2.91. The lowest BCUT2D eigenvalue weighted by Crippen LogP contribution is -2.29. The second-order valence-electron chi connectivity index (χ2n) is 4.20. The molecule has 1 amide bonds. The Morgan fingerprint density at radius 2 is 1.94 bits per heavy atom. The molecule has 92 valence electrons. The van der Waals surface area contributed by atoms with E-state index in [4.69, 9.17) is 4.74 Å². The Bertz CT molecular complexity index is 360. The molecule has 0 radical (unpaired) electrons. The lowest BCUT2D eigenvalue weighted by molar-refractivity contribution is 0.0510. The Hall–Kier alpha value is -1.55. The van der Waals surface area contributed by atoms with E-state index in [2.05, 4.69) is 0 Å². The van der Waals surface area contributed by atoms with Gasteiger partial charge in [0.1, 0.15) is 12.7 Å². The van der Waals surface area contributed by atoms with Gasteiger partial charge in [0.05, 0.1) is 0 Å². The van der Waals surface area contributed by atoms with Crippen molar-refractivity contribution in [3.05, 3.63) is 35.9 Å². The number of nitrogens with zero attached hydrogens (tertiary/aromatic N) is 1. The number of aliphatic hydroxyl groups excluding tert-OH is 1. The summed E-state index contributed by atoms with van der Waals surface area (Å²) in [6.45, 7) is 1.54. The van der Waals surface area contributed by atoms with Gasteiger partial charge in [0, 0.05) is 13.1 Å². The van der Waals surface area contributed by atoms with Crippen molar-refractivity contribution in [3.8, 4) is 0 Å². The van der Waals surface area contributed by atoms with Gasteiger partial charge in [-0.05, 0) is 18.4 Å². The number of likely N-dealkylation sites (tertiary alicyclic amines) is 1. The summed E-state index contributed by atoms with van der Waals surface area (Å²) < 4.78 is 5.08. The summed E-state index contributed by atoms with van der Waals surface area (Å²) >= 11 is 0. The highest BCUT2D eigenvalue weighted by atomic mass is 16.6. The summed E-state index contributed by atoms with van der Waals surface area (Å²) in [4.78, 5) is 13.3. The monoisotopic (exact) mass is 235 g/mol. The van der Waals surface area contributed by atoms with Crippen LogP contribution in [0.2, 0.25) is 0 Å². The van der Waals surface area contributed by atoms with Crippen LogP contribution in [0.4, 0.5) is 4.79 Å². The van der Waals surface area contributed by atoms with E-state index in [9.17, 15) is 9.90 Å². The van der Waals surface area contributed by atoms with Crippen LogP contribution < -0.4 is 0 Å². The molecule has 1 aromatic carbocycles. The molecule has 0 saturated carbocycles. The van der Waals surface area contributed by atoms with E-state index in [1.807, 2.05) is 30.3 Å². The fourth-order valence-electron chi connectivity index (χ4n) is 1.91. The zero-order valence-electron chi connectivity index (χ0n) is 9.71. The van der Waals surface area contributed by atoms with Gasteiger partial charge in [0.15, 0.2) is 0 Å². The normalized spacial score (nSPS) is 16.9. The molecule has 4 nitrogen and oxygen atoms in total. The highest BCUT2D eigenvalue weighted by Crippen LogP contribution is 2.14. The first kappa shape index (κ1) is 11.9. The van der Waals surface area contributed by atoms with Crippen LogP contribution in [0.5, 0.6) is 0 Å². The van der Waals surface area contributed by atoms with Crippen molar-refractivity contribution in [3.63, 3.8) is 0 Å². The van der Waals surface area contributed by atoms with Crippen LogP contribution in [0.3, 0.4) is 0 Å². The molecule has 1 heterocycles. The van der Waals surface area contributed by atoms with Crippen molar-refractivity contribution in [1.82, 2.24) is 4.90 Å². The van der Waals surface area contributed by atoms with E-state index >= 15 is 0 Å². The molecule has 0 unspecified atom stereocenters. The molecule has 17 heavy (non-hydrogen) atoms. The second kappa shape index (κ2) is 5.68. The number of hydrogen-bond acceptors (Lipinski definition) is 3. The number of aliphatic hydroxyl groups is 1. The molecule has 1 aliphatic heterocycles. The minimum absolute atomic E-state index is 0.0132. The maximum Gasteiger partial charge on any atom is 0.409 e. The number of ether oxygens (including phenoxy) is 1. The summed E-state index contributed by atoms with van der Waals surface area (Å²) in [7, 11) is 0. The maximum absolute atomic E-state index is 11.6. The Morgan fingerprint density at radius 3 is 2.59 bits per heavy atom. The summed E-state index contributed by atoms with van der Waals surface area (Å²) in [6, 6.07) is 9.21. The van der Waals surface area contributed by atoms with Crippen LogP contribution in [0.25, 0.3) is 0 Å². The minimum atomic E-state index is -0.747. The Labute approximate surface area is 101 Å². The first-order valence-electron chi connectivity index (χ1n) is 5.92. The van der Waals surface area contributed by atoms with Crippen molar-refractivity contribution in [2.45, 2.75) is 18.9 Å². The van der Waals surface area contributed by atoms with Crippen molar-refractivity contribution < 1.29 is 14.6 Å². The van der Waals surface area contributed by atoms with Crippen LogP contribution in [-0.4, -0.2) is 35.8 Å². The molecule has 2 rings (SSSR count). The van der Waals surface area contributed by atoms with E-state index < -0.39 is 6.10 Å². The Morgan fingerprint density at radius 1 is 1.29 bits per heavy atom. The summed E-state index contributed by atoms with van der Waals surface area (Å²) in [5.74, 6) is 0. The molecule has 0 aliphatic carbocycles. The first-order valence-corrected chi connectivity index (χ1v) is 5.92. The maximum atomic E-state index is 11.6. The largest absolute Gasteiger partial charge is 0.446 e. The molecular weight excluding hydrogens is 218 g/mol. The number of carbonyl (C=O) groups excluding carboxylic acids is 1. The van der Waals surface area contributed by atoms with Crippen LogP contribution >= 0.6 is 0 Å². The molecule has 1 aliphatic rings. The predicted molar refractivity (Wildman–Crippen MR) is 63.6 cm³/mol. The zero-order chi connectivity index (χ0) is 12.1. The number of rotatable bonds is 3. The SMILES string of the molecule is O=C(OC[C@@H](O)c1ccccc1)N1CCCC1. The minimum Gasteiger partial charge on any atom is -0.446 e. The second-order valence-corrected chi connectivity index (χ2v) is 4.20. The third kappa shape index (κ3) is 3.20. The van der Waals surface area contributed by atoms with Crippen LogP contribution in [0, 0.1) is 0 Å². The number of carbonyl (C=O) groups is 1. The molecule has 1 atom stereocenters. The molecule has 1 aromatic rings. The average Bonchev–Trinajstić information content (AvgIpc) is 2.90. The highest BCUT2D eigenvalue weighted by molar-refractivity contribution is 5.67. The lowest BCUT2D eigenvalue weighted by Gasteiger charge is -2.17. The van der Waals surface area contributed by atoms with E-state index in [-0.39, 0.29) is 12.7 Å². The zero-order valence-corrected chi connectivity index (χ0v) is 9.71. The molecule has 0 bridgehead atoms. The van der Waals surface area contributed by atoms with Gasteiger partial charge in [0.25, 0.3) is 0 Å². The highest BCUT2D eigenvalue weighted by Gasteiger charge is 2.20. The molecule has 1 saturated heterocycles. The van der Waals surface area contributed by atoms with E-state index in [0.717, 1.165) is 31.5 Å². The molecule has 1 N–H and O–H groups in total. The van der Waals surface area contributed by atoms with Crippen LogP contribution in [0.1, 0.15) is 24.5 Å². The van der Waals surface area contributed by atoms with Crippen molar-refractivity contribution in [2.75, 3.05) is 19.7 Å². The Balaban J connectivity index is 1.80. The number of hydrogen-bond donors (Lipinski definition) is 1. The van der Waals surface area contributed by atoms with Gasteiger partial charge in [-0.25, -0.2) is 4.79 Å². The van der Waals surface area contributed by atoms with Crippen LogP contribution in [-0.2, 0) is 4.74 Å². The number of benzene rings is 1. The standard InChI is InChI=1S/C13H17NO3/c15-12(11-6-2-1-3-7-11)10-17-13(16)14-8-4-5-9-14/h1-3,6-7,12,15H,4-5,8-10H2/t12-/m1/s1. The van der Waals surface area contributed by atoms with Gasteiger partial charge in [-0.2, -0.15) is 0 Å². The summed E-state index contributed by atoms with van der Waals surface area (Å²) in [5.41, 5.74) is 0.765. The van der Waals surface area contributed by atoms with Gasteiger partial charge < -0.3 is 14.7 Å². The molecule has 4 heteroatoms. The Kier molecular flexibility index (Phi) is 3.98. The van der Waals surface area contributed by atoms with Gasteiger partial charge in [-0.1, -0.05) is 30.3 Å².